The third-order valence-electron chi connectivity index (χ3n) is 14.7. The molecule has 19 nitrogen and oxygen atoms in total. The van der Waals surface area contributed by atoms with Crippen LogP contribution >= 0.6 is 0 Å². The SMILES string of the molecule is CC/C=C\C/C=C\C/C=C\CCCCCCCCCC(=O)NC(COC1OC(CO)C(OC2OC(CO)C(OC3OC(CO)C(O)C(O)C3O)C(O)C2O)C(O)C1O)C(O)/C=C/CC/C=C/CC/C=C/CCCCCCCCCC. The predicted octanol–water partition coefficient (Wildman–Crippen LogP) is 5.43. The molecule has 0 aromatic heterocycles. The topological polar surface area (TPSA) is 307 Å². The first-order valence-electron chi connectivity index (χ1n) is 30.2. The van der Waals surface area contributed by atoms with Gasteiger partial charge in [-0.3, -0.25) is 4.79 Å². The van der Waals surface area contributed by atoms with E-state index in [0.29, 0.717) is 12.8 Å². The van der Waals surface area contributed by atoms with Gasteiger partial charge in [-0.25, -0.2) is 0 Å². The molecule has 3 aliphatic rings. The van der Waals surface area contributed by atoms with Crippen LogP contribution in [-0.2, 0) is 33.2 Å². The van der Waals surface area contributed by atoms with Gasteiger partial charge in [0.2, 0.25) is 5.91 Å². The molecule has 0 saturated carbocycles. The Hall–Kier alpha value is -2.77. The second-order valence-corrected chi connectivity index (χ2v) is 21.4. The van der Waals surface area contributed by atoms with Crippen molar-refractivity contribution in [2.75, 3.05) is 26.4 Å². The molecule has 17 unspecified atom stereocenters. The number of hydrogen-bond acceptors (Lipinski definition) is 18. The van der Waals surface area contributed by atoms with Crippen LogP contribution in [0.25, 0.3) is 0 Å². The molecule has 0 aromatic rings. The zero-order chi connectivity index (χ0) is 58.3. The summed E-state index contributed by atoms with van der Waals surface area (Å²) in [6.45, 7) is 1.55. The van der Waals surface area contributed by atoms with Gasteiger partial charge in [-0.2, -0.15) is 0 Å². The van der Waals surface area contributed by atoms with E-state index in [1.807, 2.05) is 6.08 Å². The summed E-state index contributed by atoms with van der Waals surface area (Å²) in [5.41, 5.74) is 0. The van der Waals surface area contributed by atoms with E-state index in [4.69, 9.17) is 28.4 Å². The van der Waals surface area contributed by atoms with Crippen LogP contribution < -0.4 is 5.32 Å². The molecule has 3 aliphatic heterocycles. The number of rotatable bonds is 43. The van der Waals surface area contributed by atoms with Crippen LogP contribution in [0.1, 0.15) is 174 Å². The summed E-state index contributed by atoms with van der Waals surface area (Å²) in [7, 11) is 0. The number of allylic oxidation sites excluding steroid dienone is 11. The van der Waals surface area contributed by atoms with Gasteiger partial charge in [-0.15, -0.1) is 0 Å². The molecule has 1 amide bonds. The van der Waals surface area contributed by atoms with E-state index in [0.717, 1.165) is 89.9 Å². The highest BCUT2D eigenvalue weighted by Gasteiger charge is 2.53. The van der Waals surface area contributed by atoms with Crippen molar-refractivity contribution in [3.05, 3.63) is 72.9 Å². The monoisotopic (exact) mass is 1140 g/mol. The molecule has 80 heavy (non-hydrogen) atoms. The maximum absolute atomic E-state index is 13.3. The van der Waals surface area contributed by atoms with Crippen molar-refractivity contribution >= 4 is 5.91 Å². The first kappa shape index (κ1) is 71.5. The van der Waals surface area contributed by atoms with Crippen LogP contribution in [0.5, 0.6) is 0 Å². The first-order chi connectivity index (χ1) is 38.8. The molecule has 3 heterocycles. The largest absolute Gasteiger partial charge is 0.394 e. The molecule has 3 saturated heterocycles. The minimum absolute atomic E-state index is 0.217. The summed E-state index contributed by atoms with van der Waals surface area (Å²) in [5.74, 6) is -0.304. The van der Waals surface area contributed by atoms with Crippen LogP contribution in [0.4, 0.5) is 0 Å². The normalized spacial score (nSPS) is 30.5. The Morgan fingerprint density at radius 2 is 0.875 bits per heavy atom. The fourth-order valence-corrected chi connectivity index (χ4v) is 9.76. The van der Waals surface area contributed by atoms with E-state index in [1.165, 1.54) is 51.4 Å². The smallest absolute Gasteiger partial charge is 0.220 e. The maximum atomic E-state index is 13.3. The average molecular weight is 1140 g/mol. The molecule has 0 aromatic carbocycles. The van der Waals surface area contributed by atoms with E-state index in [9.17, 15) is 61.0 Å². The fraction of sp³-hybridized carbons (Fsp3) is 0.787. The van der Waals surface area contributed by atoms with Crippen LogP contribution in [0.15, 0.2) is 72.9 Å². The van der Waals surface area contributed by atoms with Crippen molar-refractivity contribution in [3.63, 3.8) is 0 Å². The van der Waals surface area contributed by atoms with Gasteiger partial charge in [0.1, 0.15) is 73.2 Å². The second kappa shape index (κ2) is 43.8. The van der Waals surface area contributed by atoms with E-state index in [-0.39, 0.29) is 18.9 Å². The minimum Gasteiger partial charge on any atom is -0.394 e. The number of nitrogens with one attached hydrogen (secondary N) is 1. The van der Waals surface area contributed by atoms with Crippen molar-refractivity contribution in [3.8, 4) is 0 Å². The van der Waals surface area contributed by atoms with Crippen LogP contribution in [0.2, 0.25) is 0 Å². The minimum atomic E-state index is -1.99. The molecule has 0 bridgehead atoms. The summed E-state index contributed by atoms with van der Waals surface area (Å²) in [6.07, 6.45) is 24.5. The Balaban J connectivity index is 1.53. The molecule has 12 N–H and O–H groups in total. The lowest BCUT2D eigenvalue weighted by atomic mass is 9.96. The number of carbonyl (C=O) groups is 1. The number of ether oxygens (including phenoxy) is 6. The molecule has 19 heteroatoms. The molecular weight excluding hydrogens is 1030 g/mol. The number of aliphatic hydroxyl groups is 11. The Bertz CT molecular complexity index is 1740. The molecule has 0 aliphatic carbocycles. The van der Waals surface area contributed by atoms with Gasteiger partial charge in [0, 0.05) is 6.42 Å². The summed E-state index contributed by atoms with van der Waals surface area (Å²) >= 11 is 0. The zero-order valence-electron chi connectivity index (χ0n) is 48.0. The maximum Gasteiger partial charge on any atom is 0.220 e. The number of aliphatic hydroxyl groups excluding tert-OH is 11. The predicted molar refractivity (Wildman–Crippen MR) is 305 cm³/mol. The quantitative estimate of drug-likeness (QED) is 0.0268. The molecule has 3 rings (SSSR count). The van der Waals surface area contributed by atoms with Gasteiger partial charge in [-0.1, -0.05) is 164 Å². The van der Waals surface area contributed by atoms with E-state index in [2.05, 4.69) is 79.9 Å². The van der Waals surface area contributed by atoms with Gasteiger partial charge in [-0.05, 0) is 77.0 Å². The molecule has 462 valence electrons. The van der Waals surface area contributed by atoms with Crippen molar-refractivity contribution in [1.82, 2.24) is 5.32 Å². The summed E-state index contributed by atoms with van der Waals surface area (Å²) in [5, 5.41) is 120. The highest BCUT2D eigenvalue weighted by atomic mass is 16.8. The van der Waals surface area contributed by atoms with Crippen molar-refractivity contribution in [1.29, 1.82) is 0 Å². The van der Waals surface area contributed by atoms with Crippen molar-refractivity contribution in [2.45, 2.75) is 279 Å². The Kier molecular flexibility index (Phi) is 39.2. The number of carbonyl (C=O) groups excluding carboxylic acids is 1. The van der Waals surface area contributed by atoms with Crippen molar-refractivity contribution < 1.29 is 89.4 Å². The Labute approximate surface area is 477 Å². The molecule has 17 atom stereocenters. The lowest BCUT2D eigenvalue weighted by molar-refractivity contribution is -0.379. The molecule has 0 spiro atoms. The van der Waals surface area contributed by atoms with Gasteiger partial charge in [0.25, 0.3) is 0 Å². The summed E-state index contributed by atoms with van der Waals surface area (Å²) in [4.78, 5) is 13.3. The molecule has 0 radical (unpaired) electrons. The fourth-order valence-electron chi connectivity index (χ4n) is 9.76. The van der Waals surface area contributed by atoms with E-state index >= 15 is 0 Å². The zero-order valence-corrected chi connectivity index (χ0v) is 48.0. The lowest BCUT2D eigenvalue weighted by Crippen LogP contribution is -2.66. The number of unbranched alkanes of at least 4 members (excludes halogenated alkanes) is 17. The first-order valence-corrected chi connectivity index (χ1v) is 30.2. The van der Waals surface area contributed by atoms with Gasteiger partial charge in [0.15, 0.2) is 18.9 Å². The lowest BCUT2D eigenvalue weighted by Gasteiger charge is -2.48. The number of hydrogen-bond donors (Lipinski definition) is 12. The average Bonchev–Trinajstić information content (AvgIpc) is 3.50. The van der Waals surface area contributed by atoms with E-state index < -0.39 is 124 Å². The summed E-state index contributed by atoms with van der Waals surface area (Å²) in [6, 6.07) is -1.00. The van der Waals surface area contributed by atoms with Crippen LogP contribution in [0, 0.1) is 0 Å². The third-order valence-corrected chi connectivity index (χ3v) is 14.7. The Morgan fingerprint density at radius 3 is 1.40 bits per heavy atom. The highest BCUT2D eigenvalue weighted by molar-refractivity contribution is 5.76. The third kappa shape index (κ3) is 27.3. The molecule has 3 fully saturated rings. The highest BCUT2D eigenvalue weighted by Crippen LogP contribution is 2.33. The molecular formula is C61H105NO18. The van der Waals surface area contributed by atoms with Gasteiger partial charge in [0.05, 0.1) is 38.6 Å². The second-order valence-electron chi connectivity index (χ2n) is 21.4. The van der Waals surface area contributed by atoms with Crippen molar-refractivity contribution in [2.24, 2.45) is 0 Å². The van der Waals surface area contributed by atoms with Gasteiger partial charge >= 0.3 is 0 Å². The van der Waals surface area contributed by atoms with Crippen LogP contribution in [0.3, 0.4) is 0 Å². The number of amides is 1. The Morgan fingerprint density at radius 1 is 0.463 bits per heavy atom. The van der Waals surface area contributed by atoms with E-state index in [1.54, 1.807) is 6.08 Å². The summed E-state index contributed by atoms with van der Waals surface area (Å²) < 4.78 is 34.2. The standard InChI is InChI=1S/C61H105NO18/c1-3-5-7-9-11-13-15-17-19-21-23-24-26-28-30-32-34-36-38-45(66)44(62-49(67)39-37-35-33-31-29-27-25-22-20-18-16-14-12-10-8-6-4-2)43-75-59-55(73)52(70)57(47(41-64)77-59)80-61-56(74)53(71)58(48(42-65)78-61)79-60-54(72)51(69)50(68)46(40-63)76-60/h6,8,12,14,18,20-21,23,28,30,36,38,44-48,50-61,63-66,68-74H,3-5,7,9-11,13,15-17,19,22,24-27,29,31-35,37,39-43H2,1-2H3,(H,62,67)/b8-6-,14-12-,20-18-,23-21+,30-28+,38-36+. The van der Waals surface area contributed by atoms with Gasteiger partial charge < -0.3 is 89.9 Å². The van der Waals surface area contributed by atoms with Crippen LogP contribution in [-0.4, -0.2) is 193 Å².